The Bertz CT molecular complexity index is 629. The van der Waals surface area contributed by atoms with E-state index in [1.165, 1.54) is 31.0 Å². The van der Waals surface area contributed by atoms with Crippen LogP contribution in [-0.4, -0.2) is 38.4 Å². The minimum Gasteiger partial charge on any atom is -0.370 e. The fourth-order valence-electron chi connectivity index (χ4n) is 3.42. The van der Waals surface area contributed by atoms with Crippen LogP contribution >= 0.6 is 11.8 Å². The van der Waals surface area contributed by atoms with Crippen LogP contribution in [0.4, 0.5) is 0 Å². The van der Waals surface area contributed by atoms with Crippen LogP contribution in [-0.2, 0) is 16.0 Å². The molecule has 1 aromatic heterocycles. The van der Waals surface area contributed by atoms with E-state index in [2.05, 4.69) is 27.0 Å². The van der Waals surface area contributed by atoms with Crippen molar-refractivity contribution in [1.29, 1.82) is 0 Å². The standard InChI is InChI=1S/C17H27N5O2S/c1-11-4-2-3-5-13(11)19-16(24)10-25-17-21-20-15(9-8-14(18)23)22(17)12-6-7-12/h11-13H,2-10H2,1H3,(H2,18,23)(H,19,24). The molecule has 0 bridgehead atoms. The van der Waals surface area contributed by atoms with Gasteiger partial charge in [-0.25, -0.2) is 0 Å². The van der Waals surface area contributed by atoms with Gasteiger partial charge >= 0.3 is 0 Å². The van der Waals surface area contributed by atoms with E-state index >= 15 is 0 Å². The molecule has 2 saturated carbocycles. The van der Waals surface area contributed by atoms with Gasteiger partial charge in [-0.1, -0.05) is 31.5 Å². The Kier molecular flexibility index (Phi) is 5.98. The zero-order chi connectivity index (χ0) is 17.8. The number of nitrogens with two attached hydrogens (primary N) is 1. The molecule has 2 amide bonds. The van der Waals surface area contributed by atoms with Gasteiger partial charge in [0.15, 0.2) is 5.16 Å². The van der Waals surface area contributed by atoms with Gasteiger partial charge in [-0.2, -0.15) is 0 Å². The highest BCUT2D eigenvalue weighted by Gasteiger charge is 2.30. The molecule has 0 radical (unpaired) electrons. The van der Waals surface area contributed by atoms with Crippen LogP contribution in [0.15, 0.2) is 5.16 Å². The summed E-state index contributed by atoms with van der Waals surface area (Å²) in [6.07, 6.45) is 7.70. The molecule has 0 saturated heterocycles. The molecule has 3 rings (SSSR count). The van der Waals surface area contributed by atoms with Crippen molar-refractivity contribution in [3.8, 4) is 0 Å². The molecule has 2 unspecified atom stereocenters. The second-order valence-electron chi connectivity index (χ2n) is 7.19. The first-order valence-corrected chi connectivity index (χ1v) is 10.2. The van der Waals surface area contributed by atoms with Gasteiger partial charge in [-0.05, 0) is 31.6 Å². The van der Waals surface area contributed by atoms with E-state index in [0.29, 0.717) is 30.2 Å². The first-order valence-electron chi connectivity index (χ1n) is 9.19. The molecule has 25 heavy (non-hydrogen) atoms. The summed E-state index contributed by atoms with van der Waals surface area (Å²) in [7, 11) is 0. The number of nitrogens with one attached hydrogen (secondary N) is 1. The van der Waals surface area contributed by atoms with Crippen LogP contribution in [0.2, 0.25) is 0 Å². The number of aromatic nitrogens is 3. The Morgan fingerprint density at radius 3 is 2.68 bits per heavy atom. The molecule has 0 aromatic carbocycles. The summed E-state index contributed by atoms with van der Waals surface area (Å²) in [6, 6.07) is 0.705. The van der Waals surface area contributed by atoms with Crippen molar-refractivity contribution in [2.45, 2.75) is 75.5 Å². The van der Waals surface area contributed by atoms with Crippen LogP contribution in [0, 0.1) is 5.92 Å². The van der Waals surface area contributed by atoms with Crippen molar-refractivity contribution in [2.75, 3.05) is 5.75 Å². The topological polar surface area (TPSA) is 103 Å². The van der Waals surface area contributed by atoms with Crippen molar-refractivity contribution in [1.82, 2.24) is 20.1 Å². The molecule has 0 spiro atoms. The van der Waals surface area contributed by atoms with Crippen LogP contribution in [0.5, 0.6) is 0 Å². The van der Waals surface area contributed by atoms with Crippen molar-refractivity contribution in [3.63, 3.8) is 0 Å². The molecule has 138 valence electrons. The monoisotopic (exact) mass is 365 g/mol. The molecule has 8 heteroatoms. The summed E-state index contributed by atoms with van der Waals surface area (Å²) in [5.41, 5.74) is 5.23. The van der Waals surface area contributed by atoms with E-state index in [4.69, 9.17) is 5.73 Å². The molecule has 2 atom stereocenters. The number of primary amides is 1. The van der Waals surface area contributed by atoms with Crippen molar-refractivity contribution < 1.29 is 9.59 Å². The van der Waals surface area contributed by atoms with Crippen LogP contribution < -0.4 is 11.1 Å². The predicted molar refractivity (Wildman–Crippen MR) is 96.1 cm³/mol. The minimum absolute atomic E-state index is 0.0628. The van der Waals surface area contributed by atoms with Crippen molar-refractivity contribution in [2.24, 2.45) is 11.7 Å². The Labute approximate surface area is 152 Å². The maximum atomic E-state index is 12.3. The molecular weight excluding hydrogens is 338 g/mol. The maximum absolute atomic E-state index is 12.3. The summed E-state index contributed by atoms with van der Waals surface area (Å²) in [6.45, 7) is 2.21. The highest BCUT2D eigenvalue weighted by molar-refractivity contribution is 7.99. The fraction of sp³-hybridized carbons (Fsp3) is 0.765. The van der Waals surface area contributed by atoms with E-state index in [-0.39, 0.29) is 18.2 Å². The third-order valence-corrected chi connectivity index (χ3v) is 5.98. The van der Waals surface area contributed by atoms with Crippen LogP contribution in [0.1, 0.15) is 63.7 Å². The van der Waals surface area contributed by atoms with E-state index in [9.17, 15) is 9.59 Å². The fourth-order valence-corrected chi connectivity index (χ4v) is 4.26. The van der Waals surface area contributed by atoms with Gasteiger partial charge in [0.2, 0.25) is 11.8 Å². The van der Waals surface area contributed by atoms with Gasteiger partial charge in [0.25, 0.3) is 0 Å². The molecular formula is C17H27N5O2S. The first kappa shape index (κ1) is 18.2. The molecule has 3 N–H and O–H groups in total. The van der Waals surface area contributed by atoms with Crippen LogP contribution in [0.3, 0.4) is 0 Å². The Morgan fingerprint density at radius 1 is 1.24 bits per heavy atom. The molecule has 7 nitrogen and oxygen atoms in total. The largest absolute Gasteiger partial charge is 0.370 e. The summed E-state index contributed by atoms with van der Waals surface area (Å²) < 4.78 is 2.09. The Balaban J connectivity index is 1.55. The lowest BCUT2D eigenvalue weighted by Crippen LogP contribution is -2.41. The lowest BCUT2D eigenvalue weighted by Gasteiger charge is -2.29. The van der Waals surface area contributed by atoms with Crippen molar-refractivity contribution >= 4 is 23.6 Å². The summed E-state index contributed by atoms with van der Waals surface area (Å²) in [5.74, 6) is 1.43. The zero-order valence-corrected chi connectivity index (χ0v) is 15.6. The van der Waals surface area contributed by atoms with Gasteiger partial charge in [0, 0.05) is 24.9 Å². The number of aryl methyl sites for hydroxylation is 1. The Hall–Kier alpha value is -1.57. The number of rotatable bonds is 8. The summed E-state index contributed by atoms with van der Waals surface area (Å²) in [4.78, 5) is 23.3. The Morgan fingerprint density at radius 2 is 2.00 bits per heavy atom. The summed E-state index contributed by atoms with van der Waals surface area (Å²) in [5, 5.41) is 12.4. The molecule has 2 fully saturated rings. The highest BCUT2D eigenvalue weighted by Crippen LogP contribution is 2.39. The van der Waals surface area contributed by atoms with Crippen LogP contribution in [0.25, 0.3) is 0 Å². The van der Waals surface area contributed by atoms with E-state index in [1.807, 2.05) is 0 Å². The average Bonchev–Trinajstić information content (AvgIpc) is 3.33. The highest BCUT2D eigenvalue weighted by atomic mass is 32.2. The quantitative estimate of drug-likeness (QED) is 0.684. The van der Waals surface area contributed by atoms with Gasteiger partial charge in [-0.15, -0.1) is 10.2 Å². The first-order chi connectivity index (χ1) is 12.0. The average molecular weight is 366 g/mol. The van der Waals surface area contributed by atoms with Gasteiger partial charge in [0.1, 0.15) is 5.82 Å². The number of amides is 2. The van der Waals surface area contributed by atoms with Gasteiger partial charge < -0.3 is 15.6 Å². The number of thioether (sulfide) groups is 1. The third-order valence-electron chi connectivity index (χ3n) is 5.03. The molecule has 1 aromatic rings. The third kappa shape index (κ3) is 4.96. The number of hydrogen-bond donors (Lipinski definition) is 2. The number of nitrogens with zero attached hydrogens (tertiary/aromatic N) is 3. The second-order valence-corrected chi connectivity index (χ2v) is 8.13. The molecule has 0 aliphatic heterocycles. The minimum atomic E-state index is -0.333. The SMILES string of the molecule is CC1CCCCC1NC(=O)CSc1nnc(CCC(N)=O)n1C1CC1. The molecule has 2 aliphatic rings. The predicted octanol–water partition coefficient (Wildman–Crippen LogP) is 1.82. The van der Waals surface area contributed by atoms with E-state index < -0.39 is 0 Å². The zero-order valence-electron chi connectivity index (χ0n) is 14.7. The number of hydrogen-bond acceptors (Lipinski definition) is 5. The second kappa shape index (κ2) is 8.21. The lowest BCUT2D eigenvalue weighted by molar-refractivity contribution is -0.120. The van der Waals surface area contributed by atoms with Gasteiger partial charge in [0.05, 0.1) is 5.75 Å². The normalized spacial score (nSPS) is 23.4. The van der Waals surface area contributed by atoms with Crippen molar-refractivity contribution in [3.05, 3.63) is 5.82 Å². The maximum Gasteiger partial charge on any atom is 0.230 e. The molecule has 2 aliphatic carbocycles. The number of carbonyl (C=O) groups is 2. The number of carbonyl (C=O) groups excluding carboxylic acids is 2. The summed E-state index contributed by atoms with van der Waals surface area (Å²) >= 11 is 1.43. The van der Waals surface area contributed by atoms with E-state index in [1.54, 1.807) is 0 Å². The van der Waals surface area contributed by atoms with E-state index in [0.717, 1.165) is 30.2 Å². The smallest absolute Gasteiger partial charge is 0.230 e. The van der Waals surface area contributed by atoms with Gasteiger partial charge in [-0.3, -0.25) is 9.59 Å². The molecule has 1 heterocycles. The lowest BCUT2D eigenvalue weighted by atomic mass is 9.86.